The van der Waals surface area contributed by atoms with Gasteiger partial charge in [0.15, 0.2) is 0 Å². The predicted molar refractivity (Wildman–Crippen MR) is 148 cm³/mol. The molecule has 4 saturated carbocycles. The minimum atomic E-state index is -0.0476. The van der Waals surface area contributed by atoms with E-state index in [1.807, 2.05) is 0 Å². The van der Waals surface area contributed by atoms with Crippen molar-refractivity contribution in [1.82, 2.24) is 9.97 Å². The Hall–Kier alpha value is -1.97. The molecule has 0 unspecified atom stereocenters. The van der Waals surface area contributed by atoms with Crippen LogP contribution in [0.5, 0.6) is 0 Å². The van der Waals surface area contributed by atoms with E-state index < -0.39 is 0 Å². The number of nitrogens with one attached hydrogen (secondary N) is 2. The summed E-state index contributed by atoms with van der Waals surface area (Å²) in [6, 6.07) is 8.99. The molecule has 0 spiro atoms. The fraction of sp³-hybridized carbons (Fsp3) is 0.727. The van der Waals surface area contributed by atoms with Crippen molar-refractivity contribution in [1.29, 1.82) is 0 Å². The number of esters is 1. The zero-order valence-corrected chi connectivity index (χ0v) is 23.5. The molecule has 4 aliphatic carbocycles. The first-order valence-corrected chi connectivity index (χ1v) is 15.2. The molecule has 37 heavy (non-hydrogen) atoms. The van der Waals surface area contributed by atoms with Crippen LogP contribution in [0.4, 0.5) is 0 Å². The van der Waals surface area contributed by atoms with Gasteiger partial charge in [-0.15, -0.1) is 0 Å². The number of methoxy groups -OCH3 is 1. The third kappa shape index (κ3) is 3.87. The highest BCUT2D eigenvalue weighted by atomic mass is 16.5. The highest BCUT2D eigenvalue weighted by molar-refractivity contribution is 5.69. The van der Waals surface area contributed by atoms with Gasteiger partial charge in [0.1, 0.15) is 0 Å². The number of carbonyl (C=O) groups excluding carboxylic acids is 1. The molecular weight excluding hydrogens is 456 g/mol. The van der Waals surface area contributed by atoms with Crippen molar-refractivity contribution in [2.45, 2.75) is 96.8 Å². The van der Waals surface area contributed by atoms with Crippen molar-refractivity contribution < 1.29 is 9.53 Å². The van der Waals surface area contributed by atoms with E-state index in [0.717, 1.165) is 36.0 Å². The SMILES string of the molecule is COC(=O)CC[C@@H](C)[C@H]1CC[C@H]2[C@@H]3CC[C@@H]4CC(c5ccc[nH]5)(c5ccc[nH]5)CC[C@]4(C)[C@H]3CC[C@]12C. The maximum atomic E-state index is 11.8. The van der Waals surface area contributed by atoms with Crippen LogP contribution >= 0.6 is 0 Å². The van der Waals surface area contributed by atoms with Crippen LogP contribution in [0.3, 0.4) is 0 Å². The van der Waals surface area contributed by atoms with Crippen molar-refractivity contribution in [3.8, 4) is 0 Å². The topological polar surface area (TPSA) is 57.9 Å². The highest BCUT2D eigenvalue weighted by Crippen LogP contribution is 2.70. The number of carbonyl (C=O) groups is 1. The summed E-state index contributed by atoms with van der Waals surface area (Å²) < 4.78 is 4.95. The van der Waals surface area contributed by atoms with E-state index in [1.54, 1.807) is 0 Å². The minimum Gasteiger partial charge on any atom is -0.469 e. The van der Waals surface area contributed by atoms with Gasteiger partial charge in [0.25, 0.3) is 0 Å². The molecule has 0 aromatic carbocycles. The van der Waals surface area contributed by atoms with Crippen molar-refractivity contribution in [2.75, 3.05) is 7.11 Å². The van der Waals surface area contributed by atoms with Gasteiger partial charge in [0.05, 0.1) is 12.5 Å². The molecule has 8 atom stereocenters. The minimum absolute atomic E-state index is 0.0476. The third-order valence-electron chi connectivity index (χ3n) is 12.8. The summed E-state index contributed by atoms with van der Waals surface area (Å²) in [6.07, 6.45) is 17.9. The molecule has 202 valence electrons. The molecule has 4 heteroatoms. The Morgan fingerprint density at radius 3 is 2.30 bits per heavy atom. The number of aromatic amines is 2. The van der Waals surface area contributed by atoms with Gasteiger partial charge in [-0.25, -0.2) is 0 Å². The Bertz CT molecular complexity index is 1040. The number of fused-ring (bicyclic) bond motifs is 5. The summed E-state index contributed by atoms with van der Waals surface area (Å²) in [5.41, 5.74) is 3.81. The van der Waals surface area contributed by atoms with Crippen molar-refractivity contribution >= 4 is 5.97 Å². The summed E-state index contributed by atoms with van der Waals surface area (Å²) in [7, 11) is 1.52. The normalized spacial score (nSPS) is 39.3. The van der Waals surface area contributed by atoms with E-state index >= 15 is 0 Å². The van der Waals surface area contributed by atoms with E-state index in [4.69, 9.17) is 4.74 Å². The molecule has 6 rings (SSSR count). The Balaban J connectivity index is 1.22. The first-order valence-electron chi connectivity index (χ1n) is 15.2. The van der Waals surface area contributed by atoms with Crippen LogP contribution in [-0.4, -0.2) is 23.0 Å². The maximum absolute atomic E-state index is 11.8. The molecule has 4 nitrogen and oxygen atoms in total. The van der Waals surface area contributed by atoms with Crippen LogP contribution in [0.25, 0.3) is 0 Å². The fourth-order valence-corrected chi connectivity index (χ4v) is 10.8. The lowest BCUT2D eigenvalue weighted by Gasteiger charge is -2.62. The van der Waals surface area contributed by atoms with Gasteiger partial charge in [-0.05, 0) is 135 Å². The number of hydrogen-bond acceptors (Lipinski definition) is 2. The number of aromatic nitrogens is 2. The molecule has 4 fully saturated rings. The van der Waals surface area contributed by atoms with Gasteiger partial charge in [0.2, 0.25) is 0 Å². The number of H-pyrrole nitrogens is 2. The smallest absolute Gasteiger partial charge is 0.305 e. The second kappa shape index (κ2) is 9.35. The van der Waals surface area contributed by atoms with Gasteiger partial charge in [0, 0.05) is 30.2 Å². The molecule has 0 aliphatic heterocycles. The van der Waals surface area contributed by atoms with Crippen molar-refractivity contribution in [3.63, 3.8) is 0 Å². The molecule has 0 radical (unpaired) electrons. The Morgan fingerprint density at radius 1 is 0.946 bits per heavy atom. The molecule has 2 aromatic rings. The first kappa shape index (κ1) is 25.3. The molecule has 0 amide bonds. The Kier molecular flexibility index (Phi) is 6.39. The Morgan fingerprint density at radius 2 is 1.65 bits per heavy atom. The van der Waals surface area contributed by atoms with E-state index in [9.17, 15) is 4.79 Å². The fourth-order valence-electron chi connectivity index (χ4n) is 10.8. The molecule has 2 N–H and O–H groups in total. The first-order chi connectivity index (χ1) is 17.8. The molecular formula is C33H48N2O2. The van der Waals surface area contributed by atoms with Gasteiger partial charge in [-0.3, -0.25) is 4.79 Å². The standard InChI is InChI=1S/C33H48N2O2/c1-22(9-14-30(36)37-4)25-12-13-26-24-11-10-23-21-33(28-7-5-19-34-28,29-8-6-20-35-29)18-17-31(23,2)27(24)15-16-32(25,26)3/h5-8,19-20,22-27,34-35H,9-18,21H2,1-4H3/t22-,23-,24+,25-,26+,27+,31+,32-/m1/s1. The van der Waals surface area contributed by atoms with E-state index in [0.29, 0.717) is 23.2 Å². The summed E-state index contributed by atoms with van der Waals surface area (Å²) in [6.45, 7) is 7.74. The molecule has 2 heterocycles. The number of rotatable bonds is 6. The summed E-state index contributed by atoms with van der Waals surface area (Å²) in [5, 5.41) is 0. The quantitative estimate of drug-likeness (QED) is 0.393. The summed E-state index contributed by atoms with van der Waals surface area (Å²) in [4.78, 5) is 19.1. The highest BCUT2D eigenvalue weighted by Gasteiger charge is 2.62. The predicted octanol–water partition coefficient (Wildman–Crippen LogP) is 7.88. The molecule has 2 aromatic heterocycles. The monoisotopic (exact) mass is 504 g/mol. The Labute approximate surface area is 223 Å². The van der Waals surface area contributed by atoms with Crippen molar-refractivity contribution in [2.24, 2.45) is 46.3 Å². The zero-order valence-electron chi connectivity index (χ0n) is 23.5. The third-order valence-corrected chi connectivity index (χ3v) is 12.8. The lowest BCUT2D eigenvalue weighted by atomic mass is 9.42. The second-order valence-corrected chi connectivity index (χ2v) is 13.9. The van der Waals surface area contributed by atoms with Crippen LogP contribution < -0.4 is 0 Å². The molecule has 0 bridgehead atoms. The van der Waals surface area contributed by atoms with E-state index in [1.165, 1.54) is 76.3 Å². The van der Waals surface area contributed by atoms with Crippen LogP contribution in [0.1, 0.15) is 103 Å². The maximum Gasteiger partial charge on any atom is 0.305 e. The second-order valence-electron chi connectivity index (χ2n) is 13.9. The van der Waals surface area contributed by atoms with Gasteiger partial charge < -0.3 is 14.7 Å². The average Bonchev–Trinajstić information content (AvgIpc) is 3.68. The summed E-state index contributed by atoms with van der Waals surface area (Å²) >= 11 is 0. The average molecular weight is 505 g/mol. The van der Waals surface area contributed by atoms with Gasteiger partial charge >= 0.3 is 5.97 Å². The largest absolute Gasteiger partial charge is 0.469 e. The van der Waals surface area contributed by atoms with Crippen LogP contribution in [0.2, 0.25) is 0 Å². The lowest BCUT2D eigenvalue weighted by Crippen LogP contribution is -2.55. The molecule has 0 saturated heterocycles. The van der Waals surface area contributed by atoms with Crippen LogP contribution in [0, 0.1) is 46.3 Å². The van der Waals surface area contributed by atoms with Gasteiger partial charge in [-0.2, -0.15) is 0 Å². The van der Waals surface area contributed by atoms with Crippen molar-refractivity contribution in [3.05, 3.63) is 48.0 Å². The zero-order chi connectivity index (χ0) is 25.8. The number of ether oxygens (including phenoxy) is 1. The van der Waals surface area contributed by atoms with Crippen LogP contribution in [-0.2, 0) is 14.9 Å². The molecule has 4 aliphatic rings. The van der Waals surface area contributed by atoms with E-state index in [2.05, 4.69) is 67.4 Å². The number of hydrogen-bond donors (Lipinski definition) is 2. The van der Waals surface area contributed by atoms with Crippen LogP contribution in [0.15, 0.2) is 36.7 Å². The van der Waals surface area contributed by atoms with Gasteiger partial charge in [-0.1, -0.05) is 20.8 Å². The van der Waals surface area contributed by atoms with E-state index in [-0.39, 0.29) is 11.4 Å². The summed E-state index contributed by atoms with van der Waals surface area (Å²) in [5.74, 6) is 4.74. The lowest BCUT2D eigenvalue weighted by molar-refractivity contribution is -0.141.